The molecule has 0 bridgehead atoms. The van der Waals surface area contributed by atoms with Gasteiger partial charge in [-0.2, -0.15) is 0 Å². The smallest absolute Gasteiger partial charge is 0.326 e. The molecular formula is C18H15ClFNO4. The van der Waals surface area contributed by atoms with E-state index < -0.39 is 36.1 Å². The SMILES string of the molecule is C[C@H](OC(=O)CNC(=O)c1ccccc1F)C(=O)c1ccc(Cl)cc1. The topological polar surface area (TPSA) is 72.5 Å². The molecule has 1 N–H and O–H groups in total. The van der Waals surface area contributed by atoms with E-state index in [9.17, 15) is 18.8 Å². The van der Waals surface area contributed by atoms with Gasteiger partial charge in [-0.1, -0.05) is 23.7 Å². The van der Waals surface area contributed by atoms with Gasteiger partial charge in [0.05, 0.1) is 5.56 Å². The Morgan fingerprint density at radius 3 is 2.40 bits per heavy atom. The number of hydrogen-bond donors (Lipinski definition) is 1. The van der Waals surface area contributed by atoms with E-state index in [2.05, 4.69) is 5.32 Å². The quantitative estimate of drug-likeness (QED) is 0.632. The van der Waals surface area contributed by atoms with Gasteiger partial charge in [0.25, 0.3) is 5.91 Å². The van der Waals surface area contributed by atoms with Gasteiger partial charge in [-0.15, -0.1) is 0 Å². The summed E-state index contributed by atoms with van der Waals surface area (Å²) in [5.41, 5.74) is 0.167. The van der Waals surface area contributed by atoms with Gasteiger partial charge in [0.1, 0.15) is 12.4 Å². The van der Waals surface area contributed by atoms with Gasteiger partial charge >= 0.3 is 5.97 Å². The Kier molecular flexibility index (Phi) is 6.25. The van der Waals surface area contributed by atoms with Crippen molar-refractivity contribution in [2.45, 2.75) is 13.0 Å². The molecule has 0 heterocycles. The van der Waals surface area contributed by atoms with E-state index in [-0.39, 0.29) is 5.56 Å². The van der Waals surface area contributed by atoms with Crippen LogP contribution in [0.3, 0.4) is 0 Å². The summed E-state index contributed by atoms with van der Waals surface area (Å²) < 4.78 is 18.4. The summed E-state index contributed by atoms with van der Waals surface area (Å²) in [6.45, 7) is 0.943. The Labute approximate surface area is 148 Å². The molecule has 5 nitrogen and oxygen atoms in total. The van der Waals surface area contributed by atoms with Crippen LogP contribution in [0.4, 0.5) is 4.39 Å². The zero-order chi connectivity index (χ0) is 18.4. The van der Waals surface area contributed by atoms with Gasteiger partial charge in [-0.05, 0) is 43.3 Å². The second-order valence-corrected chi connectivity index (χ2v) is 5.60. The van der Waals surface area contributed by atoms with E-state index in [1.807, 2.05) is 0 Å². The number of carbonyl (C=O) groups excluding carboxylic acids is 3. The van der Waals surface area contributed by atoms with Crippen LogP contribution in [0.5, 0.6) is 0 Å². The average molecular weight is 364 g/mol. The molecule has 0 unspecified atom stereocenters. The van der Waals surface area contributed by atoms with Crippen molar-refractivity contribution in [3.63, 3.8) is 0 Å². The number of carbonyl (C=O) groups is 3. The Morgan fingerprint density at radius 1 is 1.12 bits per heavy atom. The lowest BCUT2D eigenvalue weighted by Gasteiger charge is -2.13. The molecule has 7 heteroatoms. The summed E-state index contributed by atoms with van der Waals surface area (Å²) in [6.07, 6.45) is -1.03. The maximum atomic E-state index is 13.5. The maximum Gasteiger partial charge on any atom is 0.326 e. The molecule has 0 fully saturated rings. The summed E-state index contributed by atoms with van der Waals surface area (Å²) in [6, 6.07) is 11.5. The number of rotatable bonds is 6. The molecule has 2 aromatic carbocycles. The van der Waals surface area contributed by atoms with Crippen LogP contribution in [0.15, 0.2) is 48.5 Å². The fraction of sp³-hybridized carbons (Fsp3) is 0.167. The van der Waals surface area contributed by atoms with Crippen LogP contribution in [0, 0.1) is 5.82 Å². The lowest BCUT2D eigenvalue weighted by Crippen LogP contribution is -2.34. The second kappa shape index (κ2) is 8.39. The van der Waals surface area contributed by atoms with Gasteiger partial charge in [0.2, 0.25) is 5.78 Å². The molecule has 2 rings (SSSR count). The van der Waals surface area contributed by atoms with Crippen LogP contribution in [0.2, 0.25) is 5.02 Å². The summed E-state index contributed by atoms with van der Waals surface area (Å²) in [5.74, 6) is -2.64. The zero-order valence-electron chi connectivity index (χ0n) is 13.3. The predicted octanol–water partition coefficient (Wildman–Crippen LogP) is 3.02. The third kappa shape index (κ3) is 5.12. The van der Waals surface area contributed by atoms with Crippen LogP contribution >= 0.6 is 11.6 Å². The largest absolute Gasteiger partial charge is 0.453 e. The van der Waals surface area contributed by atoms with Gasteiger partial charge in [0, 0.05) is 10.6 Å². The number of hydrogen-bond acceptors (Lipinski definition) is 4. The minimum atomic E-state index is -1.03. The van der Waals surface area contributed by atoms with Crippen molar-refractivity contribution in [2.24, 2.45) is 0 Å². The molecule has 0 aliphatic carbocycles. The van der Waals surface area contributed by atoms with Gasteiger partial charge in [0.15, 0.2) is 6.10 Å². The number of benzene rings is 2. The highest BCUT2D eigenvalue weighted by molar-refractivity contribution is 6.30. The van der Waals surface area contributed by atoms with E-state index in [1.54, 1.807) is 12.1 Å². The van der Waals surface area contributed by atoms with Gasteiger partial charge < -0.3 is 10.1 Å². The van der Waals surface area contributed by atoms with Gasteiger partial charge in [-0.25, -0.2) is 4.39 Å². The fourth-order valence-electron chi connectivity index (χ4n) is 2.03. The number of ketones is 1. The monoisotopic (exact) mass is 363 g/mol. The minimum absolute atomic E-state index is 0.180. The standard InChI is InChI=1S/C18H15ClFNO4/c1-11(17(23)12-6-8-13(19)9-7-12)25-16(22)10-21-18(24)14-4-2-3-5-15(14)20/h2-9,11H,10H2,1H3,(H,21,24)/t11-/m0/s1. The van der Waals surface area contributed by atoms with E-state index in [1.165, 1.54) is 37.3 Å². The highest BCUT2D eigenvalue weighted by Gasteiger charge is 2.20. The minimum Gasteiger partial charge on any atom is -0.453 e. The van der Waals surface area contributed by atoms with Gasteiger partial charge in [-0.3, -0.25) is 14.4 Å². The summed E-state index contributed by atoms with van der Waals surface area (Å²) in [4.78, 5) is 35.7. The predicted molar refractivity (Wildman–Crippen MR) is 90.1 cm³/mol. The van der Waals surface area contributed by atoms with E-state index in [0.29, 0.717) is 10.6 Å². The number of esters is 1. The number of amides is 1. The molecule has 1 amide bonds. The van der Waals surface area contributed by atoms with Crippen molar-refractivity contribution < 1.29 is 23.5 Å². The van der Waals surface area contributed by atoms with E-state index >= 15 is 0 Å². The first-order valence-electron chi connectivity index (χ1n) is 7.40. The number of ether oxygens (including phenoxy) is 1. The van der Waals surface area contributed by atoms with Crippen LogP contribution in [-0.2, 0) is 9.53 Å². The molecule has 25 heavy (non-hydrogen) atoms. The van der Waals surface area contributed by atoms with Crippen molar-refractivity contribution in [1.29, 1.82) is 0 Å². The molecule has 0 saturated heterocycles. The molecule has 0 aromatic heterocycles. The molecule has 1 atom stereocenters. The first-order valence-corrected chi connectivity index (χ1v) is 7.78. The lowest BCUT2D eigenvalue weighted by atomic mass is 10.1. The van der Waals surface area contributed by atoms with Crippen molar-refractivity contribution in [3.05, 3.63) is 70.5 Å². The highest BCUT2D eigenvalue weighted by Crippen LogP contribution is 2.12. The fourth-order valence-corrected chi connectivity index (χ4v) is 2.16. The number of Topliss-reactive ketones (excluding diaryl/α,β-unsaturated/α-hetero) is 1. The second-order valence-electron chi connectivity index (χ2n) is 5.17. The first kappa shape index (κ1) is 18.6. The molecule has 0 aliphatic rings. The van der Waals surface area contributed by atoms with Crippen LogP contribution in [0.1, 0.15) is 27.6 Å². The third-order valence-corrected chi connectivity index (χ3v) is 3.57. The zero-order valence-corrected chi connectivity index (χ0v) is 14.0. The number of nitrogens with one attached hydrogen (secondary N) is 1. The number of halogens is 2. The summed E-state index contributed by atoms with van der Waals surface area (Å²) in [5, 5.41) is 2.73. The van der Waals surface area contributed by atoms with Crippen LogP contribution in [0.25, 0.3) is 0 Å². The van der Waals surface area contributed by atoms with E-state index in [4.69, 9.17) is 16.3 Å². The van der Waals surface area contributed by atoms with Crippen LogP contribution in [-0.4, -0.2) is 30.3 Å². The summed E-state index contributed by atoms with van der Waals surface area (Å²) in [7, 11) is 0. The van der Waals surface area contributed by atoms with Crippen molar-refractivity contribution >= 4 is 29.3 Å². The van der Waals surface area contributed by atoms with E-state index in [0.717, 1.165) is 6.07 Å². The molecule has 130 valence electrons. The van der Waals surface area contributed by atoms with Crippen molar-refractivity contribution in [3.8, 4) is 0 Å². The average Bonchev–Trinajstić information content (AvgIpc) is 2.60. The molecule has 0 radical (unpaired) electrons. The molecule has 0 spiro atoms. The molecule has 0 aliphatic heterocycles. The van der Waals surface area contributed by atoms with Crippen molar-refractivity contribution in [2.75, 3.05) is 6.54 Å². The Balaban J connectivity index is 1.87. The summed E-state index contributed by atoms with van der Waals surface area (Å²) >= 11 is 5.75. The maximum absolute atomic E-state index is 13.5. The molecular weight excluding hydrogens is 349 g/mol. The normalized spacial score (nSPS) is 11.5. The first-order chi connectivity index (χ1) is 11.9. The Bertz CT molecular complexity index is 792. The molecule has 2 aromatic rings. The Morgan fingerprint density at radius 2 is 1.76 bits per heavy atom. The van der Waals surface area contributed by atoms with Crippen molar-refractivity contribution in [1.82, 2.24) is 5.32 Å². The Hall–Kier alpha value is -2.73. The van der Waals surface area contributed by atoms with Crippen LogP contribution < -0.4 is 5.32 Å². The lowest BCUT2D eigenvalue weighted by molar-refractivity contribution is -0.145. The molecule has 0 saturated carbocycles. The third-order valence-electron chi connectivity index (χ3n) is 3.32. The highest BCUT2D eigenvalue weighted by atomic mass is 35.5.